The molecule has 0 saturated carbocycles. The van der Waals surface area contributed by atoms with Crippen molar-refractivity contribution in [3.63, 3.8) is 0 Å². The van der Waals surface area contributed by atoms with Gasteiger partial charge in [-0.05, 0) is 43.8 Å². The van der Waals surface area contributed by atoms with E-state index in [0.717, 1.165) is 48.9 Å². The summed E-state index contributed by atoms with van der Waals surface area (Å²) in [7, 11) is 2.14. The predicted octanol–water partition coefficient (Wildman–Crippen LogP) is 1.53. The van der Waals surface area contributed by atoms with Crippen LogP contribution in [0.25, 0.3) is 0 Å². The minimum atomic E-state index is -0.340. The second kappa shape index (κ2) is 9.26. The van der Waals surface area contributed by atoms with Crippen molar-refractivity contribution in [2.45, 2.75) is 19.4 Å². The van der Waals surface area contributed by atoms with Crippen LogP contribution in [0, 0.1) is 0 Å². The minimum Gasteiger partial charge on any atom is -0.355 e. The smallest absolute Gasteiger partial charge is 0.261 e. The van der Waals surface area contributed by atoms with Crippen LogP contribution in [-0.4, -0.2) is 72.3 Å². The van der Waals surface area contributed by atoms with Gasteiger partial charge in [0.15, 0.2) is 0 Å². The fourth-order valence-electron chi connectivity index (χ4n) is 3.93. The first-order valence-electron chi connectivity index (χ1n) is 10.6. The van der Waals surface area contributed by atoms with Gasteiger partial charge in [-0.25, -0.2) is 4.98 Å². The van der Waals surface area contributed by atoms with E-state index in [1.165, 1.54) is 0 Å². The molecule has 2 aromatic rings. The van der Waals surface area contributed by atoms with Gasteiger partial charge >= 0.3 is 0 Å². The van der Waals surface area contributed by atoms with Gasteiger partial charge in [-0.2, -0.15) is 0 Å². The Bertz CT molecular complexity index is 940. The molecule has 1 aromatic heterocycles. The highest BCUT2D eigenvalue weighted by Crippen LogP contribution is 2.22. The lowest BCUT2D eigenvalue weighted by Crippen LogP contribution is -2.34. The van der Waals surface area contributed by atoms with Crippen molar-refractivity contribution in [3.05, 3.63) is 59.3 Å². The minimum absolute atomic E-state index is 0.0677. The van der Waals surface area contributed by atoms with Gasteiger partial charge in [0.2, 0.25) is 5.91 Å². The summed E-state index contributed by atoms with van der Waals surface area (Å²) in [6, 6.07) is 10.7. The number of fused-ring (bicyclic) bond motifs is 1. The molecule has 1 saturated heterocycles. The van der Waals surface area contributed by atoms with Crippen LogP contribution in [-0.2, 0) is 11.3 Å². The molecule has 1 aromatic carbocycles. The van der Waals surface area contributed by atoms with Crippen molar-refractivity contribution in [1.82, 2.24) is 20.1 Å². The van der Waals surface area contributed by atoms with Crippen LogP contribution >= 0.6 is 0 Å². The molecule has 3 heterocycles. The molecule has 1 fully saturated rings. The van der Waals surface area contributed by atoms with Gasteiger partial charge in [0.1, 0.15) is 5.82 Å². The number of carbonyl (C=O) groups is 3. The van der Waals surface area contributed by atoms with Crippen LogP contribution in [0.15, 0.2) is 42.6 Å². The van der Waals surface area contributed by atoms with Gasteiger partial charge < -0.3 is 15.1 Å². The Labute approximate surface area is 181 Å². The highest BCUT2D eigenvalue weighted by molar-refractivity contribution is 6.21. The summed E-state index contributed by atoms with van der Waals surface area (Å²) in [6.07, 6.45) is 2.97. The largest absolute Gasteiger partial charge is 0.355 e. The van der Waals surface area contributed by atoms with Crippen LogP contribution < -0.4 is 10.2 Å². The maximum Gasteiger partial charge on any atom is 0.261 e. The Morgan fingerprint density at radius 1 is 1.00 bits per heavy atom. The summed E-state index contributed by atoms with van der Waals surface area (Å²) in [5.74, 6) is 0.0629. The van der Waals surface area contributed by atoms with Gasteiger partial charge in [-0.3, -0.25) is 19.3 Å². The topological polar surface area (TPSA) is 85.9 Å². The van der Waals surface area contributed by atoms with Crippen molar-refractivity contribution >= 4 is 23.5 Å². The molecule has 4 rings (SSSR count). The average molecular weight is 422 g/mol. The van der Waals surface area contributed by atoms with E-state index in [9.17, 15) is 14.4 Å². The summed E-state index contributed by atoms with van der Waals surface area (Å²) in [6.45, 7) is 4.49. The SMILES string of the molecule is CN1CCCN(c2ccc(CNC(=O)CCN3C(=O)c4ccccc4C3=O)cn2)CC1. The number of amides is 3. The average Bonchev–Trinajstić information content (AvgIpc) is 2.92. The number of hydrogen-bond acceptors (Lipinski definition) is 6. The van der Waals surface area contributed by atoms with Crippen molar-refractivity contribution in [1.29, 1.82) is 0 Å². The Balaban J connectivity index is 1.25. The van der Waals surface area contributed by atoms with Crippen LogP contribution in [0.3, 0.4) is 0 Å². The zero-order valence-electron chi connectivity index (χ0n) is 17.7. The van der Waals surface area contributed by atoms with Crippen LogP contribution in [0.1, 0.15) is 39.1 Å². The molecule has 162 valence electrons. The Morgan fingerprint density at radius 3 is 2.42 bits per heavy atom. The fourth-order valence-corrected chi connectivity index (χ4v) is 3.93. The van der Waals surface area contributed by atoms with E-state index < -0.39 is 0 Å². The van der Waals surface area contributed by atoms with E-state index in [1.807, 2.05) is 12.1 Å². The van der Waals surface area contributed by atoms with E-state index in [0.29, 0.717) is 17.7 Å². The van der Waals surface area contributed by atoms with Gasteiger partial charge in [-0.15, -0.1) is 0 Å². The van der Waals surface area contributed by atoms with E-state index in [1.54, 1.807) is 30.5 Å². The van der Waals surface area contributed by atoms with Gasteiger partial charge in [0, 0.05) is 45.3 Å². The molecule has 1 N–H and O–H groups in total. The number of aromatic nitrogens is 1. The highest BCUT2D eigenvalue weighted by atomic mass is 16.2. The van der Waals surface area contributed by atoms with Crippen LogP contribution in [0.2, 0.25) is 0 Å². The first-order valence-corrected chi connectivity index (χ1v) is 10.6. The van der Waals surface area contributed by atoms with Gasteiger partial charge in [-0.1, -0.05) is 18.2 Å². The Hall–Kier alpha value is -3.26. The molecule has 0 bridgehead atoms. The lowest BCUT2D eigenvalue weighted by atomic mass is 10.1. The number of rotatable bonds is 6. The molecule has 8 nitrogen and oxygen atoms in total. The molecule has 0 unspecified atom stereocenters. The summed E-state index contributed by atoms with van der Waals surface area (Å²) in [5, 5.41) is 2.84. The van der Waals surface area contributed by atoms with Crippen molar-refractivity contribution < 1.29 is 14.4 Å². The third-order valence-corrected chi connectivity index (χ3v) is 5.78. The molecule has 2 aliphatic rings. The lowest BCUT2D eigenvalue weighted by Gasteiger charge is -2.21. The van der Waals surface area contributed by atoms with E-state index in [2.05, 4.69) is 27.1 Å². The predicted molar refractivity (Wildman–Crippen MR) is 117 cm³/mol. The normalized spacial score (nSPS) is 16.9. The number of likely N-dealkylation sites (N-methyl/N-ethyl adjacent to an activating group) is 1. The maximum atomic E-state index is 12.4. The highest BCUT2D eigenvalue weighted by Gasteiger charge is 2.34. The second-order valence-electron chi connectivity index (χ2n) is 8.00. The zero-order chi connectivity index (χ0) is 21.8. The number of imide groups is 1. The summed E-state index contributed by atoms with van der Waals surface area (Å²) < 4.78 is 0. The van der Waals surface area contributed by atoms with Crippen molar-refractivity contribution in [2.75, 3.05) is 44.7 Å². The molecule has 0 atom stereocenters. The van der Waals surface area contributed by atoms with E-state index in [-0.39, 0.29) is 30.7 Å². The number of hydrogen-bond donors (Lipinski definition) is 1. The number of nitrogens with one attached hydrogen (secondary N) is 1. The molecule has 0 radical (unpaired) electrons. The van der Waals surface area contributed by atoms with Crippen LogP contribution in [0.4, 0.5) is 5.82 Å². The molecule has 0 spiro atoms. The zero-order valence-corrected chi connectivity index (χ0v) is 17.7. The summed E-state index contributed by atoms with van der Waals surface area (Å²) in [4.78, 5) is 47.3. The summed E-state index contributed by atoms with van der Waals surface area (Å²) >= 11 is 0. The molecule has 3 amide bonds. The molecule has 31 heavy (non-hydrogen) atoms. The number of nitrogens with zero attached hydrogens (tertiary/aromatic N) is 4. The molecular formula is C23H27N5O3. The monoisotopic (exact) mass is 421 g/mol. The number of anilines is 1. The van der Waals surface area contributed by atoms with Crippen molar-refractivity contribution in [2.24, 2.45) is 0 Å². The van der Waals surface area contributed by atoms with Crippen molar-refractivity contribution in [3.8, 4) is 0 Å². The van der Waals surface area contributed by atoms with E-state index in [4.69, 9.17) is 0 Å². The first kappa shape index (κ1) is 21.0. The Morgan fingerprint density at radius 2 is 1.74 bits per heavy atom. The number of benzene rings is 1. The van der Waals surface area contributed by atoms with Gasteiger partial charge in [0.25, 0.3) is 11.8 Å². The van der Waals surface area contributed by atoms with Gasteiger partial charge in [0.05, 0.1) is 11.1 Å². The third-order valence-electron chi connectivity index (χ3n) is 5.78. The second-order valence-corrected chi connectivity index (χ2v) is 8.00. The molecule has 0 aliphatic carbocycles. The third kappa shape index (κ3) is 4.74. The first-order chi connectivity index (χ1) is 15.0. The standard InChI is InChI=1S/C23H27N5O3/c1-26-10-4-11-27(14-13-26)20-8-7-17(15-24-20)16-25-21(29)9-12-28-22(30)18-5-2-3-6-19(18)23(28)31/h2-3,5-8,15H,4,9-14,16H2,1H3,(H,25,29). The summed E-state index contributed by atoms with van der Waals surface area (Å²) in [5.41, 5.74) is 1.70. The fraction of sp³-hybridized carbons (Fsp3) is 0.391. The maximum absolute atomic E-state index is 12.4. The lowest BCUT2D eigenvalue weighted by molar-refractivity contribution is -0.121. The Kier molecular flexibility index (Phi) is 6.27. The number of carbonyl (C=O) groups excluding carboxylic acids is 3. The molecule has 2 aliphatic heterocycles. The number of pyridine rings is 1. The quantitative estimate of drug-likeness (QED) is 0.712. The van der Waals surface area contributed by atoms with Crippen LogP contribution in [0.5, 0.6) is 0 Å². The van der Waals surface area contributed by atoms with E-state index >= 15 is 0 Å². The molecule has 8 heteroatoms. The molecular weight excluding hydrogens is 394 g/mol.